The summed E-state index contributed by atoms with van der Waals surface area (Å²) in [6.45, 7) is -2.84. The molecule has 1 aliphatic rings. The predicted octanol–water partition coefficient (Wildman–Crippen LogP) is 4.46. The van der Waals surface area contributed by atoms with Crippen molar-refractivity contribution in [3.05, 3.63) is 54.7 Å². The maximum Gasteiger partial charge on any atom is 0.387 e. The Kier molecular flexibility index (Phi) is 4.78. The van der Waals surface area contributed by atoms with E-state index in [1.165, 1.54) is 12.1 Å². The summed E-state index contributed by atoms with van der Waals surface area (Å²) in [4.78, 5) is 13.4. The van der Waals surface area contributed by atoms with E-state index in [0.29, 0.717) is 29.2 Å². The number of ether oxygens (including phenoxy) is 1. The van der Waals surface area contributed by atoms with E-state index in [2.05, 4.69) is 30.3 Å². The van der Waals surface area contributed by atoms with Gasteiger partial charge in [0.1, 0.15) is 11.6 Å². The van der Waals surface area contributed by atoms with Crippen molar-refractivity contribution in [2.24, 2.45) is 0 Å². The van der Waals surface area contributed by atoms with Crippen LogP contribution in [0.25, 0.3) is 11.4 Å². The molecule has 0 saturated heterocycles. The van der Waals surface area contributed by atoms with Gasteiger partial charge in [-0.3, -0.25) is 4.98 Å². The molecular weight excluding hydrogens is 352 g/mol. The van der Waals surface area contributed by atoms with Crippen LogP contribution in [0.4, 0.5) is 26.2 Å². The Hall–Kier alpha value is -3.29. The minimum Gasteiger partial charge on any atom is -0.435 e. The van der Waals surface area contributed by atoms with Gasteiger partial charge in [0.15, 0.2) is 0 Å². The first-order chi connectivity index (χ1) is 13.2. The fourth-order valence-electron chi connectivity index (χ4n) is 2.50. The number of aromatic nitrogens is 3. The molecule has 0 spiro atoms. The molecule has 27 heavy (non-hydrogen) atoms. The van der Waals surface area contributed by atoms with Crippen LogP contribution < -0.4 is 15.4 Å². The van der Waals surface area contributed by atoms with E-state index in [9.17, 15) is 8.78 Å². The fourth-order valence-corrected chi connectivity index (χ4v) is 2.50. The standard InChI is InChI=1S/C19H17F2N5O/c20-18(21)27-14-8-6-12(7-9-14)23-17-11-16(15-3-1-2-10-22-15)25-19(26-17)24-13-4-5-13/h1-3,6-11,13,18H,4-5H2,(H2,23,24,25,26). The molecule has 1 aliphatic carbocycles. The molecule has 1 saturated carbocycles. The van der Waals surface area contributed by atoms with Crippen LogP contribution in [0.1, 0.15) is 12.8 Å². The minimum absolute atomic E-state index is 0.100. The van der Waals surface area contributed by atoms with Crippen molar-refractivity contribution >= 4 is 17.5 Å². The van der Waals surface area contributed by atoms with Gasteiger partial charge in [0, 0.05) is 24.0 Å². The summed E-state index contributed by atoms with van der Waals surface area (Å²) in [5.41, 5.74) is 2.12. The van der Waals surface area contributed by atoms with Crippen LogP contribution in [0.15, 0.2) is 54.7 Å². The number of hydrogen-bond acceptors (Lipinski definition) is 6. The van der Waals surface area contributed by atoms with Gasteiger partial charge in [-0.05, 0) is 49.2 Å². The van der Waals surface area contributed by atoms with Crippen LogP contribution in [0.3, 0.4) is 0 Å². The highest BCUT2D eigenvalue weighted by Gasteiger charge is 2.22. The number of hydrogen-bond donors (Lipinski definition) is 2. The Balaban J connectivity index is 1.59. The highest BCUT2D eigenvalue weighted by molar-refractivity contribution is 5.65. The second-order valence-corrected chi connectivity index (χ2v) is 6.12. The highest BCUT2D eigenvalue weighted by Crippen LogP contribution is 2.27. The van der Waals surface area contributed by atoms with Crippen LogP contribution in [0, 0.1) is 0 Å². The quantitative estimate of drug-likeness (QED) is 0.641. The molecule has 2 N–H and O–H groups in total. The SMILES string of the molecule is FC(F)Oc1ccc(Nc2cc(-c3ccccn3)nc(NC3CC3)n2)cc1. The number of rotatable bonds is 7. The van der Waals surface area contributed by atoms with E-state index in [4.69, 9.17) is 0 Å². The van der Waals surface area contributed by atoms with Gasteiger partial charge in [0.25, 0.3) is 0 Å². The van der Waals surface area contributed by atoms with E-state index in [1.807, 2.05) is 18.2 Å². The Labute approximate surface area is 154 Å². The van der Waals surface area contributed by atoms with Gasteiger partial charge in [-0.25, -0.2) is 4.98 Å². The van der Waals surface area contributed by atoms with E-state index < -0.39 is 6.61 Å². The van der Waals surface area contributed by atoms with Crippen LogP contribution in [-0.4, -0.2) is 27.6 Å². The molecule has 0 radical (unpaired) electrons. The largest absolute Gasteiger partial charge is 0.435 e. The zero-order valence-corrected chi connectivity index (χ0v) is 14.3. The second kappa shape index (κ2) is 7.53. The summed E-state index contributed by atoms with van der Waals surface area (Å²) in [5.74, 6) is 1.21. The van der Waals surface area contributed by atoms with Crippen molar-refractivity contribution < 1.29 is 13.5 Å². The first-order valence-corrected chi connectivity index (χ1v) is 8.55. The van der Waals surface area contributed by atoms with Gasteiger partial charge in [-0.1, -0.05) is 6.07 Å². The van der Waals surface area contributed by atoms with Crippen molar-refractivity contribution in [2.75, 3.05) is 10.6 Å². The molecule has 0 unspecified atom stereocenters. The van der Waals surface area contributed by atoms with Crippen molar-refractivity contribution in [2.45, 2.75) is 25.5 Å². The third-order valence-corrected chi connectivity index (χ3v) is 3.92. The second-order valence-electron chi connectivity index (χ2n) is 6.12. The predicted molar refractivity (Wildman–Crippen MR) is 98.3 cm³/mol. The number of anilines is 3. The fraction of sp³-hybridized carbons (Fsp3) is 0.211. The summed E-state index contributed by atoms with van der Waals surface area (Å²) in [6.07, 6.45) is 3.91. The molecule has 0 aliphatic heterocycles. The van der Waals surface area contributed by atoms with Gasteiger partial charge in [0.05, 0.1) is 11.4 Å². The van der Waals surface area contributed by atoms with E-state index in [0.717, 1.165) is 18.5 Å². The maximum atomic E-state index is 12.3. The first-order valence-electron chi connectivity index (χ1n) is 8.55. The summed E-state index contributed by atoms with van der Waals surface area (Å²) in [5, 5.41) is 6.46. The summed E-state index contributed by atoms with van der Waals surface area (Å²) in [7, 11) is 0. The van der Waals surface area contributed by atoms with Crippen LogP contribution in [0.2, 0.25) is 0 Å². The van der Waals surface area contributed by atoms with E-state index >= 15 is 0 Å². The minimum atomic E-state index is -2.84. The Morgan fingerprint density at radius 3 is 2.48 bits per heavy atom. The van der Waals surface area contributed by atoms with Crippen molar-refractivity contribution in [3.63, 3.8) is 0 Å². The van der Waals surface area contributed by atoms with Gasteiger partial charge in [-0.15, -0.1) is 0 Å². The topological polar surface area (TPSA) is 72.0 Å². The molecule has 3 aromatic rings. The Bertz CT molecular complexity index is 902. The molecule has 2 aromatic heterocycles. The van der Waals surface area contributed by atoms with Gasteiger partial charge >= 0.3 is 6.61 Å². The molecule has 1 fully saturated rings. The lowest BCUT2D eigenvalue weighted by Crippen LogP contribution is -2.08. The Morgan fingerprint density at radius 2 is 1.81 bits per heavy atom. The third kappa shape index (κ3) is 4.66. The van der Waals surface area contributed by atoms with Crippen molar-refractivity contribution in [1.82, 2.24) is 15.0 Å². The van der Waals surface area contributed by atoms with Crippen molar-refractivity contribution in [3.8, 4) is 17.1 Å². The number of alkyl halides is 2. The monoisotopic (exact) mass is 369 g/mol. The number of nitrogens with zero attached hydrogens (tertiary/aromatic N) is 3. The van der Waals surface area contributed by atoms with Gasteiger partial charge in [0.2, 0.25) is 5.95 Å². The summed E-state index contributed by atoms with van der Waals surface area (Å²) < 4.78 is 28.9. The van der Waals surface area contributed by atoms with Crippen LogP contribution in [-0.2, 0) is 0 Å². The number of benzene rings is 1. The first kappa shape index (κ1) is 17.1. The lowest BCUT2D eigenvalue weighted by atomic mass is 10.2. The molecule has 2 heterocycles. The average molecular weight is 369 g/mol. The maximum absolute atomic E-state index is 12.3. The summed E-state index contributed by atoms with van der Waals surface area (Å²) >= 11 is 0. The molecule has 0 atom stereocenters. The van der Waals surface area contributed by atoms with Crippen molar-refractivity contribution in [1.29, 1.82) is 0 Å². The average Bonchev–Trinajstić information content (AvgIpc) is 3.47. The van der Waals surface area contributed by atoms with Crippen LogP contribution in [0.5, 0.6) is 5.75 Å². The molecular formula is C19H17F2N5O. The number of pyridine rings is 1. The highest BCUT2D eigenvalue weighted by atomic mass is 19.3. The molecule has 0 bridgehead atoms. The number of halogens is 2. The molecule has 4 rings (SSSR count). The van der Waals surface area contributed by atoms with Gasteiger partial charge in [-0.2, -0.15) is 13.8 Å². The van der Waals surface area contributed by atoms with E-state index in [1.54, 1.807) is 24.4 Å². The third-order valence-electron chi connectivity index (χ3n) is 3.92. The number of nitrogens with one attached hydrogen (secondary N) is 2. The smallest absolute Gasteiger partial charge is 0.387 e. The molecule has 1 aromatic carbocycles. The molecule has 138 valence electrons. The normalized spacial score (nSPS) is 13.4. The zero-order valence-electron chi connectivity index (χ0n) is 14.3. The molecule has 6 nitrogen and oxygen atoms in total. The van der Waals surface area contributed by atoms with Gasteiger partial charge < -0.3 is 15.4 Å². The lowest BCUT2D eigenvalue weighted by Gasteiger charge is -2.11. The zero-order chi connectivity index (χ0) is 18.6. The summed E-state index contributed by atoms with van der Waals surface area (Å²) in [6, 6.07) is 14.1. The van der Waals surface area contributed by atoms with E-state index in [-0.39, 0.29) is 5.75 Å². The van der Waals surface area contributed by atoms with Crippen LogP contribution >= 0.6 is 0 Å². The molecule has 8 heteroatoms. The molecule has 0 amide bonds. The Morgan fingerprint density at radius 1 is 1.00 bits per heavy atom. The lowest BCUT2D eigenvalue weighted by molar-refractivity contribution is -0.0498.